The first-order chi connectivity index (χ1) is 22.6. The van der Waals surface area contributed by atoms with Gasteiger partial charge in [-0.1, -0.05) is 99.1 Å². The second kappa shape index (κ2) is 16.9. The third kappa shape index (κ3) is 11.2. The minimum atomic E-state index is -1.01. The number of nitrogens with zero attached hydrogens (tertiary/aromatic N) is 3. The van der Waals surface area contributed by atoms with E-state index in [9.17, 15) is 28.8 Å². The Morgan fingerprint density at radius 3 is 1.90 bits per heavy atom. The number of carbonyl (C=O) groups is 6. The molecular weight excluding hydrogens is 628 g/mol. The number of benzene rings is 1. The van der Waals surface area contributed by atoms with E-state index in [0.29, 0.717) is 5.06 Å². The first-order valence-electron chi connectivity index (χ1n) is 16.9. The van der Waals surface area contributed by atoms with Gasteiger partial charge < -0.3 is 19.8 Å². The Hall–Kier alpha value is -4.22. The van der Waals surface area contributed by atoms with Crippen molar-refractivity contribution in [2.24, 2.45) is 16.7 Å². The molecule has 0 saturated carbocycles. The number of carbonyl (C=O) groups excluding carboxylic acids is 6. The van der Waals surface area contributed by atoms with Crippen LogP contribution in [0.5, 0.6) is 0 Å². The van der Waals surface area contributed by atoms with Gasteiger partial charge in [0, 0.05) is 32.5 Å². The Morgan fingerprint density at radius 2 is 1.43 bits per heavy atom. The number of rotatable bonds is 13. The highest BCUT2D eigenvalue weighted by atomic mass is 16.7. The minimum absolute atomic E-state index is 0.0265. The van der Waals surface area contributed by atoms with Gasteiger partial charge in [-0.2, -0.15) is 0 Å². The molecule has 1 heterocycles. The van der Waals surface area contributed by atoms with Crippen molar-refractivity contribution in [3.63, 3.8) is 0 Å². The van der Waals surface area contributed by atoms with E-state index in [-0.39, 0.29) is 30.9 Å². The number of imide groups is 1. The molecule has 1 aliphatic heterocycles. The van der Waals surface area contributed by atoms with E-state index in [2.05, 4.69) is 12.2 Å². The molecular formula is C37H56N4O8. The molecule has 2 rings (SSSR count). The van der Waals surface area contributed by atoms with Crippen molar-refractivity contribution in [1.82, 2.24) is 20.2 Å². The third-order valence-electron chi connectivity index (χ3n) is 8.47. The quantitative estimate of drug-likeness (QED) is 0.221. The van der Waals surface area contributed by atoms with E-state index in [1.807, 2.05) is 79.7 Å². The smallest absolute Gasteiger partial charge is 0.410 e. The predicted octanol–water partition coefficient (Wildman–Crippen LogP) is 5.19. The number of hydrogen-bond donors (Lipinski definition) is 1. The van der Waals surface area contributed by atoms with Gasteiger partial charge in [0.2, 0.25) is 11.8 Å². The summed E-state index contributed by atoms with van der Waals surface area (Å²) < 4.78 is 5.59. The molecule has 1 saturated heterocycles. The van der Waals surface area contributed by atoms with E-state index in [1.54, 1.807) is 13.1 Å². The Balaban J connectivity index is 2.26. The SMILES string of the molecule is CCCc1ccc(COC(=O)N(C)C(C(=O)N[C@H](C(=O)N(C)[C@H](/C=C(\C)C(=O)ON2C(=O)CCC2=O)C(C)C)C(C)(C)C)C(C)(C)C)cc1. The van der Waals surface area contributed by atoms with Gasteiger partial charge in [-0.05, 0) is 41.2 Å². The first-order valence-corrected chi connectivity index (χ1v) is 16.9. The lowest BCUT2D eigenvalue weighted by Gasteiger charge is -2.40. The van der Waals surface area contributed by atoms with Crippen LogP contribution in [-0.4, -0.2) is 82.8 Å². The van der Waals surface area contributed by atoms with E-state index in [0.717, 1.165) is 18.4 Å². The van der Waals surface area contributed by atoms with E-state index >= 15 is 0 Å². The van der Waals surface area contributed by atoms with Gasteiger partial charge in [0.05, 0.1) is 6.04 Å². The fraction of sp³-hybridized carbons (Fsp3) is 0.622. The molecule has 49 heavy (non-hydrogen) atoms. The van der Waals surface area contributed by atoms with Crippen LogP contribution in [0.3, 0.4) is 0 Å². The Morgan fingerprint density at radius 1 is 0.898 bits per heavy atom. The van der Waals surface area contributed by atoms with Crippen LogP contribution < -0.4 is 5.32 Å². The summed E-state index contributed by atoms with van der Waals surface area (Å²) in [5, 5.41) is 3.41. The molecule has 1 aromatic carbocycles. The molecule has 272 valence electrons. The zero-order valence-corrected chi connectivity index (χ0v) is 31.3. The highest BCUT2D eigenvalue weighted by Gasteiger charge is 2.43. The molecule has 1 aliphatic rings. The molecule has 0 spiro atoms. The average molecular weight is 685 g/mol. The van der Waals surface area contributed by atoms with Gasteiger partial charge >= 0.3 is 12.1 Å². The van der Waals surface area contributed by atoms with Crippen LogP contribution in [0.4, 0.5) is 4.79 Å². The van der Waals surface area contributed by atoms with Gasteiger partial charge in [-0.15, -0.1) is 5.06 Å². The fourth-order valence-corrected chi connectivity index (χ4v) is 5.70. The van der Waals surface area contributed by atoms with Crippen molar-refractivity contribution in [2.75, 3.05) is 14.1 Å². The highest BCUT2D eigenvalue weighted by Crippen LogP contribution is 2.28. The third-order valence-corrected chi connectivity index (χ3v) is 8.47. The van der Waals surface area contributed by atoms with Crippen molar-refractivity contribution in [3.8, 4) is 0 Å². The van der Waals surface area contributed by atoms with Crippen LogP contribution in [-0.2, 0) is 46.6 Å². The first kappa shape index (κ1) is 41.0. The van der Waals surface area contributed by atoms with Gasteiger partial charge in [0.25, 0.3) is 11.8 Å². The molecule has 1 unspecified atom stereocenters. The van der Waals surface area contributed by atoms with Crippen LogP contribution in [0.1, 0.15) is 99.6 Å². The molecule has 0 radical (unpaired) electrons. The Bertz CT molecular complexity index is 1390. The molecule has 1 N–H and O–H groups in total. The zero-order chi connectivity index (χ0) is 37.4. The normalized spacial score (nSPS) is 15.9. The summed E-state index contributed by atoms with van der Waals surface area (Å²) >= 11 is 0. The van der Waals surface area contributed by atoms with E-state index in [4.69, 9.17) is 9.57 Å². The van der Waals surface area contributed by atoms with Crippen LogP contribution in [0.25, 0.3) is 0 Å². The summed E-state index contributed by atoms with van der Waals surface area (Å²) in [6.45, 7) is 18.4. The van der Waals surface area contributed by atoms with Crippen molar-refractivity contribution < 1.29 is 38.3 Å². The standard InChI is InChI=1S/C37H56N4O8/c1-13-14-25-15-17-26(18-16-25)22-48-35(47)40(12)31(37(8,9)10)32(44)38-30(36(5,6)7)33(45)39(11)27(23(2)3)21-24(4)34(46)49-41-28(42)19-20-29(41)43/h15-18,21,23,27,30-31H,13-14,19-20,22H2,1-12H3,(H,38,44)/b24-21+/t27-,30-,31?/m1/s1. The van der Waals surface area contributed by atoms with Crippen molar-refractivity contribution in [2.45, 2.75) is 120 Å². The maximum Gasteiger partial charge on any atom is 0.410 e. The molecule has 1 fully saturated rings. The molecule has 12 heteroatoms. The van der Waals surface area contributed by atoms with Gasteiger partial charge in [-0.3, -0.25) is 24.1 Å². The van der Waals surface area contributed by atoms with Crippen molar-refractivity contribution in [1.29, 1.82) is 0 Å². The second-order valence-electron chi connectivity index (χ2n) is 15.3. The average Bonchev–Trinajstić information content (AvgIpc) is 3.31. The van der Waals surface area contributed by atoms with E-state index < -0.39 is 64.6 Å². The van der Waals surface area contributed by atoms with Crippen molar-refractivity contribution in [3.05, 3.63) is 47.0 Å². The second-order valence-corrected chi connectivity index (χ2v) is 15.3. The summed E-state index contributed by atoms with van der Waals surface area (Å²) in [4.78, 5) is 85.8. The summed E-state index contributed by atoms with van der Waals surface area (Å²) in [5.41, 5.74) is 0.661. The lowest BCUT2D eigenvalue weighted by atomic mass is 9.82. The molecule has 5 amide bonds. The molecule has 0 aromatic heterocycles. The van der Waals surface area contributed by atoms with Crippen LogP contribution >= 0.6 is 0 Å². The number of hydrogen-bond acceptors (Lipinski definition) is 8. The molecule has 3 atom stereocenters. The Kier molecular flexibility index (Phi) is 14.2. The molecule has 0 bridgehead atoms. The summed E-state index contributed by atoms with van der Waals surface area (Å²) in [6.07, 6.45) is 2.83. The molecule has 12 nitrogen and oxygen atoms in total. The van der Waals surface area contributed by atoms with Crippen LogP contribution in [0.15, 0.2) is 35.9 Å². The van der Waals surface area contributed by atoms with Crippen LogP contribution in [0, 0.1) is 16.7 Å². The molecule has 0 aliphatic carbocycles. The van der Waals surface area contributed by atoms with Gasteiger partial charge in [0.1, 0.15) is 18.7 Å². The number of likely N-dealkylation sites (N-methyl/N-ethyl adjacent to an activating group) is 2. The van der Waals surface area contributed by atoms with E-state index in [1.165, 1.54) is 29.3 Å². The maximum atomic E-state index is 14.2. The summed E-state index contributed by atoms with van der Waals surface area (Å²) in [5.74, 6) is -3.17. The van der Waals surface area contributed by atoms with Gasteiger partial charge in [-0.25, -0.2) is 9.59 Å². The van der Waals surface area contributed by atoms with Crippen molar-refractivity contribution >= 4 is 35.7 Å². The topological polar surface area (TPSA) is 143 Å². The fourth-order valence-electron chi connectivity index (χ4n) is 5.70. The zero-order valence-electron chi connectivity index (χ0n) is 31.3. The highest BCUT2D eigenvalue weighted by molar-refractivity contribution is 6.02. The lowest BCUT2D eigenvalue weighted by molar-refractivity contribution is -0.194. The number of ether oxygens (including phenoxy) is 1. The lowest BCUT2D eigenvalue weighted by Crippen LogP contribution is -2.61. The maximum absolute atomic E-state index is 14.2. The number of aryl methyl sites for hydroxylation is 1. The number of hydroxylamine groups is 2. The number of nitrogens with one attached hydrogen (secondary N) is 1. The summed E-state index contributed by atoms with van der Waals surface area (Å²) in [6, 6.07) is 5.25. The predicted molar refractivity (Wildman–Crippen MR) is 185 cm³/mol. The Labute approximate surface area is 291 Å². The van der Waals surface area contributed by atoms with Gasteiger partial charge in [0.15, 0.2) is 0 Å². The largest absolute Gasteiger partial charge is 0.445 e. The molecule has 1 aromatic rings. The number of amides is 5. The minimum Gasteiger partial charge on any atom is -0.445 e. The summed E-state index contributed by atoms with van der Waals surface area (Å²) in [7, 11) is 3.09. The monoisotopic (exact) mass is 684 g/mol. The van der Waals surface area contributed by atoms with Crippen LogP contribution in [0.2, 0.25) is 0 Å².